The highest BCUT2D eigenvalue weighted by atomic mass is 16.6. The van der Waals surface area contributed by atoms with Crippen LogP contribution in [0.15, 0.2) is 36.7 Å². The molecule has 1 aromatic carbocycles. The SMILES string of the molecule is Cc1ccc2c(Nc3ncnc(N4CCN(CCO)CC4)c3[N+](=O)[O-])cccc2n1. The van der Waals surface area contributed by atoms with E-state index in [4.69, 9.17) is 5.11 Å². The van der Waals surface area contributed by atoms with Gasteiger partial charge in [-0.15, -0.1) is 0 Å². The molecule has 0 unspecified atom stereocenters. The van der Waals surface area contributed by atoms with Crippen molar-refractivity contribution in [2.45, 2.75) is 6.92 Å². The number of nitrogens with one attached hydrogen (secondary N) is 1. The standard InChI is InChI=1S/C20H23N7O3/c1-14-5-6-15-16(23-14)3-2-4-17(15)24-19-18(27(29)30)20(22-13-21-19)26-9-7-25(8-10-26)11-12-28/h2-6,13,28H,7-12H2,1H3,(H,21,22,24). The van der Waals surface area contributed by atoms with E-state index in [1.165, 1.54) is 6.33 Å². The summed E-state index contributed by atoms with van der Waals surface area (Å²) < 4.78 is 0. The van der Waals surface area contributed by atoms with Gasteiger partial charge in [-0.05, 0) is 31.2 Å². The van der Waals surface area contributed by atoms with Crippen molar-refractivity contribution in [3.8, 4) is 0 Å². The minimum Gasteiger partial charge on any atom is -0.395 e. The predicted octanol–water partition coefficient (Wildman–Crippen LogP) is 2.10. The zero-order valence-corrected chi connectivity index (χ0v) is 16.7. The maximum Gasteiger partial charge on any atom is 0.353 e. The number of aliphatic hydroxyl groups excluding tert-OH is 1. The van der Waals surface area contributed by atoms with Crippen molar-refractivity contribution in [1.29, 1.82) is 0 Å². The van der Waals surface area contributed by atoms with Crippen LogP contribution in [-0.4, -0.2) is 69.2 Å². The lowest BCUT2D eigenvalue weighted by Crippen LogP contribution is -2.47. The van der Waals surface area contributed by atoms with Crippen LogP contribution >= 0.6 is 0 Å². The van der Waals surface area contributed by atoms with E-state index in [2.05, 4.69) is 25.2 Å². The zero-order valence-electron chi connectivity index (χ0n) is 16.7. The van der Waals surface area contributed by atoms with E-state index in [0.29, 0.717) is 44.2 Å². The number of anilines is 3. The minimum atomic E-state index is -0.439. The normalized spacial score (nSPS) is 14.8. The van der Waals surface area contributed by atoms with Crippen LogP contribution in [0.4, 0.5) is 23.0 Å². The van der Waals surface area contributed by atoms with Crippen molar-refractivity contribution < 1.29 is 10.0 Å². The summed E-state index contributed by atoms with van der Waals surface area (Å²) in [5, 5.41) is 25.0. The molecule has 3 aromatic rings. The van der Waals surface area contributed by atoms with E-state index in [-0.39, 0.29) is 18.1 Å². The monoisotopic (exact) mass is 409 g/mol. The van der Waals surface area contributed by atoms with Crippen LogP contribution in [-0.2, 0) is 0 Å². The van der Waals surface area contributed by atoms with Gasteiger partial charge in [-0.3, -0.25) is 20.0 Å². The Morgan fingerprint density at radius 1 is 1.17 bits per heavy atom. The lowest BCUT2D eigenvalue weighted by atomic mass is 10.1. The highest BCUT2D eigenvalue weighted by Crippen LogP contribution is 2.35. The number of aliphatic hydroxyl groups is 1. The first-order valence-electron chi connectivity index (χ1n) is 9.78. The fourth-order valence-electron chi connectivity index (χ4n) is 3.68. The van der Waals surface area contributed by atoms with Gasteiger partial charge in [0.15, 0.2) is 0 Å². The molecule has 10 heteroatoms. The van der Waals surface area contributed by atoms with Crippen molar-refractivity contribution in [2.75, 3.05) is 49.5 Å². The summed E-state index contributed by atoms with van der Waals surface area (Å²) >= 11 is 0. The Morgan fingerprint density at radius 3 is 2.70 bits per heavy atom. The molecule has 0 bridgehead atoms. The predicted molar refractivity (Wildman–Crippen MR) is 114 cm³/mol. The number of pyridine rings is 1. The molecule has 2 aromatic heterocycles. The Bertz CT molecular complexity index is 1070. The molecule has 1 aliphatic heterocycles. The Labute approximate surface area is 173 Å². The quantitative estimate of drug-likeness (QED) is 0.466. The highest BCUT2D eigenvalue weighted by molar-refractivity contribution is 5.94. The number of hydrogen-bond acceptors (Lipinski definition) is 9. The van der Waals surface area contributed by atoms with E-state index in [1.54, 1.807) is 0 Å². The lowest BCUT2D eigenvalue weighted by molar-refractivity contribution is -0.383. The molecular formula is C20H23N7O3. The van der Waals surface area contributed by atoms with Gasteiger partial charge in [0, 0.05) is 49.5 Å². The van der Waals surface area contributed by atoms with Crippen molar-refractivity contribution in [3.63, 3.8) is 0 Å². The van der Waals surface area contributed by atoms with Crippen molar-refractivity contribution in [2.24, 2.45) is 0 Å². The maximum atomic E-state index is 12.0. The first kappa shape index (κ1) is 19.9. The molecular weight excluding hydrogens is 386 g/mol. The molecule has 3 heterocycles. The molecule has 156 valence electrons. The molecule has 30 heavy (non-hydrogen) atoms. The summed E-state index contributed by atoms with van der Waals surface area (Å²) in [6.45, 7) is 5.21. The summed E-state index contributed by atoms with van der Waals surface area (Å²) in [4.78, 5) is 28.4. The summed E-state index contributed by atoms with van der Waals surface area (Å²) in [7, 11) is 0. The Morgan fingerprint density at radius 2 is 1.97 bits per heavy atom. The second-order valence-corrected chi connectivity index (χ2v) is 7.15. The molecule has 0 amide bonds. The van der Waals surface area contributed by atoms with E-state index in [9.17, 15) is 10.1 Å². The van der Waals surface area contributed by atoms with Crippen LogP contribution in [0, 0.1) is 17.0 Å². The number of aryl methyl sites for hydroxylation is 1. The first-order chi connectivity index (χ1) is 14.6. The third-order valence-electron chi connectivity index (χ3n) is 5.20. The molecule has 2 N–H and O–H groups in total. The van der Waals surface area contributed by atoms with Gasteiger partial charge >= 0.3 is 5.69 Å². The number of rotatable bonds is 6. The Hall–Kier alpha value is -3.37. The number of benzene rings is 1. The van der Waals surface area contributed by atoms with Crippen LogP contribution in [0.1, 0.15) is 5.69 Å². The Kier molecular flexibility index (Phi) is 5.68. The Balaban J connectivity index is 1.67. The molecule has 0 spiro atoms. The van der Waals surface area contributed by atoms with Crippen molar-refractivity contribution in [1.82, 2.24) is 19.9 Å². The van der Waals surface area contributed by atoms with Crippen LogP contribution in [0.3, 0.4) is 0 Å². The van der Waals surface area contributed by atoms with Gasteiger partial charge in [-0.1, -0.05) is 6.07 Å². The molecule has 0 aliphatic carbocycles. The molecule has 0 saturated carbocycles. The van der Waals surface area contributed by atoms with Crippen LogP contribution in [0.25, 0.3) is 10.9 Å². The highest BCUT2D eigenvalue weighted by Gasteiger charge is 2.29. The molecule has 1 saturated heterocycles. The number of nitro groups is 1. The second-order valence-electron chi connectivity index (χ2n) is 7.15. The summed E-state index contributed by atoms with van der Waals surface area (Å²) in [5.41, 5.74) is 2.25. The van der Waals surface area contributed by atoms with Gasteiger partial charge in [0.25, 0.3) is 0 Å². The molecule has 10 nitrogen and oxygen atoms in total. The number of aromatic nitrogens is 3. The third-order valence-corrected chi connectivity index (χ3v) is 5.20. The number of fused-ring (bicyclic) bond motifs is 1. The van der Waals surface area contributed by atoms with Gasteiger partial charge in [0.1, 0.15) is 6.33 Å². The first-order valence-corrected chi connectivity index (χ1v) is 9.78. The summed E-state index contributed by atoms with van der Waals surface area (Å²) in [5.74, 6) is 0.450. The van der Waals surface area contributed by atoms with Gasteiger partial charge in [-0.2, -0.15) is 0 Å². The zero-order chi connectivity index (χ0) is 21.1. The molecule has 4 rings (SSSR count). The van der Waals surface area contributed by atoms with Crippen LogP contribution < -0.4 is 10.2 Å². The van der Waals surface area contributed by atoms with E-state index >= 15 is 0 Å². The summed E-state index contributed by atoms with van der Waals surface area (Å²) in [6.07, 6.45) is 1.35. The van der Waals surface area contributed by atoms with E-state index in [0.717, 1.165) is 16.6 Å². The van der Waals surface area contributed by atoms with Gasteiger partial charge < -0.3 is 15.3 Å². The maximum absolute atomic E-state index is 12.0. The van der Waals surface area contributed by atoms with Gasteiger partial charge in [-0.25, -0.2) is 9.97 Å². The summed E-state index contributed by atoms with van der Waals surface area (Å²) in [6, 6.07) is 9.44. The number of hydrogen-bond donors (Lipinski definition) is 2. The largest absolute Gasteiger partial charge is 0.395 e. The fourth-order valence-corrected chi connectivity index (χ4v) is 3.68. The second kappa shape index (κ2) is 8.56. The average Bonchev–Trinajstić information content (AvgIpc) is 2.74. The fraction of sp³-hybridized carbons (Fsp3) is 0.350. The van der Waals surface area contributed by atoms with Crippen molar-refractivity contribution in [3.05, 3.63) is 52.5 Å². The average molecular weight is 409 g/mol. The number of β-amino-alcohol motifs (C(OH)–C–C–N with tert-alkyl or cyclic N) is 1. The van der Waals surface area contributed by atoms with Crippen LogP contribution in [0.5, 0.6) is 0 Å². The topological polar surface area (TPSA) is 121 Å². The third kappa shape index (κ3) is 4.00. The van der Waals surface area contributed by atoms with E-state index in [1.807, 2.05) is 42.2 Å². The van der Waals surface area contributed by atoms with E-state index < -0.39 is 4.92 Å². The van der Waals surface area contributed by atoms with Gasteiger partial charge in [0.05, 0.1) is 17.0 Å². The van der Waals surface area contributed by atoms with Crippen LogP contribution in [0.2, 0.25) is 0 Å². The lowest BCUT2D eigenvalue weighted by Gasteiger charge is -2.34. The van der Waals surface area contributed by atoms with Gasteiger partial charge in [0.2, 0.25) is 11.6 Å². The molecule has 0 radical (unpaired) electrons. The minimum absolute atomic E-state index is 0.0983. The molecule has 0 atom stereocenters. The van der Waals surface area contributed by atoms with Crippen molar-refractivity contribution >= 4 is 33.9 Å². The molecule has 1 fully saturated rings. The molecule has 1 aliphatic rings. The smallest absolute Gasteiger partial charge is 0.353 e. The number of piperazine rings is 1. The number of nitrogens with zero attached hydrogens (tertiary/aromatic N) is 6.